The molecule has 1 aliphatic rings. The van der Waals surface area contributed by atoms with Gasteiger partial charge in [0.2, 0.25) is 0 Å². The van der Waals surface area contributed by atoms with Gasteiger partial charge in [-0.05, 0) is 48.6 Å². The number of allylic oxidation sites excluding steroid dienone is 2. The minimum absolute atomic E-state index is 0.263. The number of hydrogen-bond acceptors (Lipinski definition) is 1. The number of ether oxygens (including phenoxy) is 1. The maximum absolute atomic E-state index is 13.4. The van der Waals surface area contributed by atoms with Crippen molar-refractivity contribution in [1.29, 1.82) is 0 Å². The van der Waals surface area contributed by atoms with Crippen LogP contribution in [0, 0.1) is 5.82 Å². The Hall–Kier alpha value is -1.31. The highest BCUT2D eigenvalue weighted by Crippen LogP contribution is 2.31. The lowest BCUT2D eigenvalue weighted by atomic mass is 9.91. The van der Waals surface area contributed by atoms with E-state index in [1.165, 1.54) is 12.7 Å². The Bertz CT molecular complexity index is 394. The van der Waals surface area contributed by atoms with Gasteiger partial charge in [-0.3, -0.25) is 0 Å². The molecule has 1 nitrogen and oxygen atoms in total. The maximum Gasteiger partial charge on any atom is 0.165 e. The van der Waals surface area contributed by atoms with E-state index in [1.54, 1.807) is 12.1 Å². The molecule has 1 aliphatic carbocycles. The summed E-state index contributed by atoms with van der Waals surface area (Å²) in [5, 5.41) is 0. The molecule has 0 atom stereocenters. The second-order valence-electron chi connectivity index (χ2n) is 3.57. The molecular weight excluding hydrogens is 179 g/mol. The number of aryl methyl sites for hydroxylation is 1. The van der Waals surface area contributed by atoms with E-state index >= 15 is 0 Å². The lowest BCUT2D eigenvalue weighted by Gasteiger charge is -2.16. The van der Waals surface area contributed by atoms with Crippen molar-refractivity contribution in [2.24, 2.45) is 0 Å². The Labute approximate surface area is 83.2 Å². The van der Waals surface area contributed by atoms with Gasteiger partial charge in [0.1, 0.15) is 0 Å². The molecule has 1 aromatic carbocycles. The van der Waals surface area contributed by atoms with Gasteiger partial charge < -0.3 is 4.74 Å². The van der Waals surface area contributed by atoms with E-state index in [-0.39, 0.29) is 5.82 Å². The van der Waals surface area contributed by atoms with E-state index in [0.29, 0.717) is 5.75 Å². The molecule has 2 heteroatoms. The Morgan fingerprint density at radius 1 is 1.36 bits per heavy atom. The Balaban J connectivity index is 2.57. The normalized spacial score (nSPS) is 14.6. The fourth-order valence-electron chi connectivity index (χ4n) is 1.88. The Morgan fingerprint density at radius 3 is 2.86 bits per heavy atom. The van der Waals surface area contributed by atoms with Crippen molar-refractivity contribution in [3.8, 4) is 5.75 Å². The Morgan fingerprint density at radius 2 is 2.14 bits per heavy atom. The predicted octanol–water partition coefficient (Wildman–Crippen LogP) is 3.18. The van der Waals surface area contributed by atoms with Crippen molar-refractivity contribution < 1.29 is 9.13 Å². The quantitative estimate of drug-likeness (QED) is 0.664. The smallest absolute Gasteiger partial charge is 0.165 e. The van der Waals surface area contributed by atoms with Gasteiger partial charge in [0, 0.05) is 0 Å². The summed E-state index contributed by atoms with van der Waals surface area (Å²) in [7, 11) is 1.49. The lowest BCUT2D eigenvalue weighted by molar-refractivity contribution is 0.386. The zero-order valence-corrected chi connectivity index (χ0v) is 8.43. The van der Waals surface area contributed by atoms with Crippen molar-refractivity contribution >= 4 is 5.57 Å². The van der Waals surface area contributed by atoms with Crippen LogP contribution in [0.25, 0.3) is 5.57 Å². The molecule has 0 heterocycles. The third kappa shape index (κ3) is 1.41. The van der Waals surface area contributed by atoms with Crippen molar-refractivity contribution in [2.45, 2.75) is 19.8 Å². The first-order valence-corrected chi connectivity index (χ1v) is 4.76. The fourth-order valence-corrected chi connectivity index (χ4v) is 1.88. The van der Waals surface area contributed by atoms with Crippen LogP contribution in [0.5, 0.6) is 5.75 Å². The second-order valence-corrected chi connectivity index (χ2v) is 3.57. The molecule has 0 unspecified atom stereocenters. The van der Waals surface area contributed by atoms with Crippen LogP contribution in [0.4, 0.5) is 4.39 Å². The molecule has 0 saturated carbocycles. The molecule has 74 valence electrons. The average molecular weight is 192 g/mol. The third-order valence-corrected chi connectivity index (χ3v) is 2.67. The summed E-state index contributed by atoms with van der Waals surface area (Å²) < 4.78 is 18.3. The van der Waals surface area contributed by atoms with Crippen LogP contribution < -0.4 is 4.74 Å². The average Bonchev–Trinajstić information content (AvgIpc) is 2.17. The van der Waals surface area contributed by atoms with Crippen molar-refractivity contribution in [2.75, 3.05) is 7.11 Å². The van der Waals surface area contributed by atoms with Crippen molar-refractivity contribution in [3.63, 3.8) is 0 Å². The second kappa shape index (κ2) is 3.45. The molecule has 0 aromatic heterocycles. The van der Waals surface area contributed by atoms with Gasteiger partial charge in [-0.25, -0.2) is 4.39 Å². The molecule has 1 aromatic rings. The zero-order valence-electron chi connectivity index (χ0n) is 8.43. The molecule has 0 fully saturated rings. The highest BCUT2D eigenvalue weighted by molar-refractivity contribution is 5.69. The summed E-state index contributed by atoms with van der Waals surface area (Å²) in [6.45, 7) is 2.05. The minimum Gasteiger partial charge on any atom is -0.494 e. The molecule has 0 radical (unpaired) electrons. The van der Waals surface area contributed by atoms with Gasteiger partial charge in [-0.15, -0.1) is 0 Å². The molecule has 0 bridgehead atoms. The van der Waals surface area contributed by atoms with Crippen LogP contribution in [-0.2, 0) is 6.42 Å². The largest absolute Gasteiger partial charge is 0.494 e. The first kappa shape index (κ1) is 9.25. The monoisotopic (exact) mass is 192 g/mol. The van der Waals surface area contributed by atoms with E-state index in [9.17, 15) is 4.39 Å². The maximum atomic E-state index is 13.4. The van der Waals surface area contributed by atoms with E-state index in [4.69, 9.17) is 4.74 Å². The Kier molecular flexibility index (Phi) is 2.28. The minimum atomic E-state index is -0.263. The van der Waals surface area contributed by atoms with Crippen LogP contribution in [-0.4, -0.2) is 7.11 Å². The molecule has 14 heavy (non-hydrogen) atoms. The molecular formula is C12H13FO. The molecule has 0 saturated heterocycles. The molecule has 0 aliphatic heterocycles. The van der Waals surface area contributed by atoms with E-state index in [2.05, 4.69) is 13.0 Å². The first-order chi connectivity index (χ1) is 6.72. The molecule has 0 amide bonds. The summed E-state index contributed by atoms with van der Waals surface area (Å²) in [6.07, 6.45) is 4.11. The number of halogens is 1. The summed E-state index contributed by atoms with van der Waals surface area (Å²) in [4.78, 5) is 0. The highest BCUT2D eigenvalue weighted by Gasteiger charge is 2.13. The standard InChI is InChI=1S/C12H13FO/c1-8-4-3-5-9-6-11(13)12(14-2)7-10(8)9/h4,6-7H,3,5H2,1-2H3. The summed E-state index contributed by atoms with van der Waals surface area (Å²) >= 11 is 0. The van der Waals surface area contributed by atoms with Gasteiger partial charge in [0.05, 0.1) is 7.11 Å². The molecule has 0 spiro atoms. The van der Waals surface area contributed by atoms with Crippen LogP contribution in [0.1, 0.15) is 24.5 Å². The summed E-state index contributed by atoms with van der Waals surface area (Å²) in [6, 6.07) is 3.38. The third-order valence-electron chi connectivity index (χ3n) is 2.67. The van der Waals surface area contributed by atoms with Crippen molar-refractivity contribution in [1.82, 2.24) is 0 Å². The number of methoxy groups -OCH3 is 1. The molecule has 0 N–H and O–H groups in total. The SMILES string of the molecule is COc1cc2c(cc1F)CCC=C2C. The van der Waals surface area contributed by atoms with Crippen LogP contribution in [0.2, 0.25) is 0 Å². The van der Waals surface area contributed by atoms with Gasteiger partial charge >= 0.3 is 0 Å². The summed E-state index contributed by atoms with van der Waals surface area (Å²) in [5.41, 5.74) is 3.42. The first-order valence-electron chi connectivity index (χ1n) is 4.76. The fraction of sp³-hybridized carbons (Fsp3) is 0.333. The van der Waals surface area contributed by atoms with Crippen LogP contribution >= 0.6 is 0 Å². The lowest BCUT2D eigenvalue weighted by Crippen LogP contribution is -2.00. The van der Waals surface area contributed by atoms with Gasteiger partial charge in [-0.2, -0.15) is 0 Å². The zero-order chi connectivity index (χ0) is 10.1. The van der Waals surface area contributed by atoms with Gasteiger partial charge in [0.15, 0.2) is 11.6 Å². The van der Waals surface area contributed by atoms with Crippen molar-refractivity contribution in [3.05, 3.63) is 35.2 Å². The van der Waals surface area contributed by atoms with E-state index in [0.717, 1.165) is 24.0 Å². The highest BCUT2D eigenvalue weighted by atomic mass is 19.1. The number of benzene rings is 1. The van der Waals surface area contributed by atoms with Crippen LogP contribution in [0.3, 0.4) is 0 Å². The van der Waals surface area contributed by atoms with Crippen LogP contribution in [0.15, 0.2) is 18.2 Å². The van der Waals surface area contributed by atoms with E-state index in [1.807, 2.05) is 0 Å². The number of rotatable bonds is 1. The molecule has 2 rings (SSSR count). The van der Waals surface area contributed by atoms with E-state index < -0.39 is 0 Å². The number of fused-ring (bicyclic) bond motifs is 1. The summed E-state index contributed by atoms with van der Waals surface area (Å²) in [5.74, 6) is 0.0688. The van der Waals surface area contributed by atoms with Gasteiger partial charge in [0.25, 0.3) is 0 Å². The topological polar surface area (TPSA) is 9.23 Å². The predicted molar refractivity (Wildman–Crippen MR) is 54.9 cm³/mol. The van der Waals surface area contributed by atoms with Gasteiger partial charge in [-0.1, -0.05) is 6.08 Å². The number of hydrogen-bond donors (Lipinski definition) is 0.